The summed E-state index contributed by atoms with van der Waals surface area (Å²) in [6.45, 7) is 1.82. The van der Waals surface area contributed by atoms with Crippen LogP contribution in [-0.4, -0.2) is 50.7 Å². The number of hydrogen-bond donors (Lipinski definition) is 1. The van der Waals surface area contributed by atoms with Gasteiger partial charge in [-0.15, -0.1) is 0 Å². The van der Waals surface area contributed by atoms with Gasteiger partial charge in [-0.1, -0.05) is 27.2 Å². The zero-order chi connectivity index (χ0) is 19.7. The Morgan fingerprint density at radius 3 is 2.68 bits per heavy atom. The molecule has 0 bridgehead atoms. The number of hydrogen-bond acceptors (Lipinski definition) is 6. The molecule has 28 heavy (non-hydrogen) atoms. The second kappa shape index (κ2) is 7.53. The summed E-state index contributed by atoms with van der Waals surface area (Å²) in [4.78, 5) is 14.4. The lowest BCUT2D eigenvalue weighted by molar-refractivity contribution is 0.0297. The summed E-state index contributed by atoms with van der Waals surface area (Å²) in [6.07, 6.45) is 0. The van der Waals surface area contributed by atoms with Crippen molar-refractivity contribution in [2.75, 3.05) is 31.0 Å². The summed E-state index contributed by atoms with van der Waals surface area (Å²) in [5, 5.41) is 4.22. The normalized spacial score (nSPS) is 15.0. The van der Waals surface area contributed by atoms with E-state index in [2.05, 4.69) is 25.8 Å². The Hall–Kier alpha value is -2.43. The Morgan fingerprint density at radius 2 is 1.93 bits per heavy atom. The van der Waals surface area contributed by atoms with Gasteiger partial charge in [0.15, 0.2) is 11.3 Å². The fourth-order valence-corrected chi connectivity index (χ4v) is 4.40. The van der Waals surface area contributed by atoms with E-state index in [-0.39, 0.29) is 16.5 Å². The van der Waals surface area contributed by atoms with Crippen molar-refractivity contribution in [2.24, 2.45) is 0 Å². The van der Waals surface area contributed by atoms with Crippen LogP contribution in [0.3, 0.4) is 0 Å². The molecule has 1 aliphatic rings. The summed E-state index contributed by atoms with van der Waals surface area (Å²) in [6, 6.07) is 11.1. The van der Waals surface area contributed by atoms with Crippen LogP contribution in [0.1, 0.15) is 10.5 Å². The van der Waals surface area contributed by atoms with Crippen LogP contribution in [0, 0.1) is 0 Å². The second-order valence-electron chi connectivity index (χ2n) is 6.21. The largest absolute Gasteiger partial charge is 0.378 e. The van der Waals surface area contributed by atoms with Crippen molar-refractivity contribution in [1.82, 2.24) is 10.1 Å². The lowest BCUT2D eigenvalue weighted by atomic mass is 10.2. The van der Waals surface area contributed by atoms with Gasteiger partial charge in [0.25, 0.3) is 15.9 Å². The van der Waals surface area contributed by atoms with Gasteiger partial charge in [-0.2, -0.15) is 0 Å². The fraction of sp³-hybridized carbons (Fsp3) is 0.222. The highest BCUT2D eigenvalue weighted by Crippen LogP contribution is 2.26. The predicted octanol–water partition coefficient (Wildman–Crippen LogP) is 2.86. The second-order valence-corrected chi connectivity index (χ2v) is 8.81. The summed E-state index contributed by atoms with van der Waals surface area (Å²) in [7, 11) is -3.85. The first-order valence-electron chi connectivity index (χ1n) is 8.49. The maximum absolute atomic E-state index is 12.8. The maximum atomic E-state index is 12.8. The number of anilines is 1. The van der Waals surface area contributed by atoms with E-state index in [9.17, 15) is 13.2 Å². The number of amides is 1. The smallest absolute Gasteiger partial charge is 0.276 e. The monoisotopic (exact) mass is 465 g/mol. The molecule has 1 amide bonds. The highest BCUT2D eigenvalue weighted by atomic mass is 79.9. The Morgan fingerprint density at radius 1 is 1.14 bits per heavy atom. The minimum Gasteiger partial charge on any atom is -0.378 e. The topological polar surface area (TPSA) is 102 Å². The zero-order valence-corrected chi connectivity index (χ0v) is 17.0. The number of carbonyl (C=O) groups excluding carboxylic acids is 1. The van der Waals surface area contributed by atoms with Crippen LogP contribution >= 0.6 is 15.9 Å². The summed E-state index contributed by atoms with van der Waals surface area (Å²) >= 11 is 3.31. The van der Waals surface area contributed by atoms with E-state index >= 15 is 0 Å². The summed E-state index contributed by atoms with van der Waals surface area (Å²) in [5.74, 6) is -0.309. The number of benzene rings is 2. The van der Waals surface area contributed by atoms with Gasteiger partial charge in [0.05, 0.1) is 23.5 Å². The van der Waals surface area contributed by atoms with E-state index in [1.54, 1.807) is 29.2 Å². The minimum atomic E-state index is -3.85. The van der Waals surface area contributed by atoms with Gasteiger partial charge in [-0.25, -0.2) is 8.42 Å². The average molecular weight is 466 g/mol. The Labute approximate surface area is 169 Å². The van der Waals surface area contributed by atoms with Gasteiger partial charge in [0.2, 0.25) is 0 Å². The first-order chi connectivity index (χ1) is 13.4. The van der Waals surface area contributed by atoms with Gasteiger partial charge < -0.3 is 14.2 Å². The lowest BCUT2D eigenvalue weighted by Crippen LogP contribution is -2.40. The van der Waals surface area contributed by atoms with Gasteiger partial charge in [0, 0.05) is 23.2 Å². The van der Waals surface area contributed by atoms with Crippen molar-refractivity contribution in [1.29, 1.82) is 0 Å². The van der Waals surface area contributed by atoms with Crippen LogP contribution in [0.4, 0.5) is 5.69 Å². The van der Waals surface area contributed by atoms with Gasteiger partial charge >= 0.3 is 0 Å². The van der Waals surface area contributed by atoms with Crippen molar-refractivity contribution in [3.8, 4) is 0 Å². The molecule has 2 heterocycles. The van der Waals surface area contributed by atoms with Gasteiger partial charge in [0.1, 0.15) is 0 Å². The molecule has 0 radical (unpaired) electrons. The van der Waals surface area contributed by atoms with E-state index in [0.29, 0.717) is 43.0 Å². The van der Waals surface area contributed by atoms with Crippen LogP contribution in [0.5, 0.6) is 0 Å². The zero-order valence-electron chi connectivity index (χ0n) is 14.6. The first kappa shape index (κ1) is 18.9. The van der Waals surface area contributed by atoms with Crippen LogP contribution in [0.25, 0.3) is 11.0 Å². The number of fused-ring (bicyclic) bond motifs is 1. The Balaban J connectivity index is 1.67. The average Bonchev–Trinajstić information content (AvgIpc) is 3.11. The van der Waals surface area contributed by atoms with Crippen molar-refractivity contribution >= 4 is 48.5 Å². The standard InChI is InChI=1S/C18H16BrN3O5S/c19-12-2-1-3-13(10-12)21-28(24,25)14-4-5-16-15(11-14)17(20-27-16)18(23)22-6-8-26-9-7-22/h1-5,10-11,21H,6-9H2. The number of rotatable bonds is 4. The molecule has 0 atom stereocenters. The van der Waals surface area contributed by atoms with Crippen LogP contribution < -0.4 is 4.72 Å². The third-order valence-electron chi connectivity index (χ3n) is 4.33. The summed E-state index contributed by atoms with van der Waals surface area (Å²) in [5.41, 5.74) is 0.860. The molecule has 1 aliphatic heterocycles. The quantitative estimate of drug-likeness (QED) is 0.635. The molecule has 10 heteroatoms. The van der Waals surface area contributed by atoms with Gasteiger partial charge in [-0.05, 0) is 36.4 Å². The first-order valence-corrected chi connectivity index (χ1v) is 10.8. The molecule has 3 aromatic rings. The van der Waals surface area contributed by atoms with E-state index in [0.717, 1.165) is 4.47 Å². The number of sulfonamides is 1. The van der Waals surface area contributed by atoms with Crippen LogP contribution in [0.15, 0.2) is 56.4 Å². The van der Waals surface area contributed by atoms with E-state index in [1.165, 1.54) is 18.2 Å². The predicted molar refractivity (Wildman–Crippen MR) is 106 cm³/mol. The Kier molecular flexibility index (Phi) is 5.09. The van der Waals surface area contributed by atoms with Crippen LogP contribution in [0.2, 0.25) is 0 Å². The molecule has 0 unspecified atom stereocenters. The molecule has 1 fully saturated rings. The SMILES string of the molecule is O=C(c1noc2ccc(S(=O)(=O)Nc3cccc(Br)c3)cc12)N1CCOCC1. The number of nitrogens with zero attached hydrogens (tertiary/aromatic N) is 2. The molecule has 146 valence electrons. The number of nitrogens with one attached hydrogen (secondary N) is 1. The third-order valence-corrected chi connectivity index (χ3v) is 6.20. The molecule has 8 nitrogen and oxygen atoms in total. The van der Waals surface area contributed by atoms with Crippen LogP contribution in [-0.2, 0) is 14.8 Å². The van der Waals surface area contributed by atoms with Crippen molar-refractivity contribution in [3.63, 3.8) is 0 Å². The fourth-order valence-electron chi connectivity index (χ4n) is 2.92. The molecule has 1 saturated heterocycles. The molecule has 0 saturated carbocycles. The molecule has 0 aliphatic carbocycles. The number of morpholine rings is 1. The highest BCUT2D eigenvalue weighted by Gasteiger charge is 2.25. The number of halogens is 1. The molecular formula is C18H16BrN3O5S. The minimum absolute atomic E-state index is 0.0132. The van der Waals surface area contributed by atoms with Gasteiger partial charge in [-0.3, -0.25) is 9.52 Å². The number of carbonyl (C=O) groups is 1. The molecule has 2 aromatic carbocycles. The molecule has 0 spiro atoms. The molecule has 1 aromatic heterocycles. The summed E-state index contributed by atoms with van der Waals surface area (Å²) < 4.78 is 39.3. The third kappa shape index (κ3) is 3.75. The van der Waals surface area contributed by atoms with E-state index in [1.807, 2.05) is 0 Å². The molecular weight excluding hydrogens is 450 g/mol. The van der Waals surface area contributed by atoms with Crippen molar-refractivity contribution in [2.45, 2.75) is 4.90 Å². The van der Waals surface area contributed by atoms with E-state index < -0.39 is 10.0 Å². The number of ether oxygens (including phenoxy) is 1. The molecule has 1 N–H and O–H groups in total. The highest BCUT2D eigenvalue weighted by molar-refractivity contribution is 9.10. The lowest BCUT2D eigenvalue weighted by Gasteiger charge is -2.25. The number of aromatic nitrogens is 1. The van der Waals surface area contributed by atoms with Crippen molar-refractivity contribution < 1.29 is 22.5 Å². The molecule has 4 rings (SSSR count). The maximum Gasteiger partial charge on any atom is 0.276 e. The van der Waals surface area contributed by atoms with Crippen molar-refractivity contribution in [3.05, 3.63) is 52.6 Å². The van der Waals surface area contributed by atoms with E-state index in [4.69, 9.17) is 9.26 Å². The Bertz CT molecular complexity index is 1140.